The Morgan fingerprint density at radius 3 is 2.40 bits per heavy atom. The molecule has 0 radical (unpaired) electrons. The molecule has 2 heterocycles. The zero-order chi connectivity index (χ0) is 11.1. The maximum atomic E-state index is 12.2. The van der Waals surface area contributed by atoms with Gasteiger partial charge in [-0.2, -0.15) is 13.2 Å². The zero-order valence-corrected chi connectivity index (χ0v) is 7.70. The van der Waals surface area contributed by atoms with Crippen molar-refractivity contribution in [1.82, 2.24) is 4.98 Å². The van der Waals surface area contributed by atoms with Crippen molar-refractivity contribution >= 4 is 5.82 Å². The molecule has 82 valence electrons. The first-order valence-corrected chi connectivity index (χ1v) is 4.43. The molecule has 0 unspecified atom stereocenters. The van der Waals surface area contributed by atoms with Crippen LogP contribution in [0.1, 0.15) is 5.56 Å². The first-order chi connectivity index (χ1) is 6.97. The summed E-state index contributed by atoms with van der Waals surface area (Å²) in [6, 6.07) is 2.31. The number of halogens is 3. The van der Waals surface area contributed by atoms with Gasteiger partial charge in [0.2, 0.25) is 0 Å². The number of alkyl halides is 3. The predicted octanol–water partition coefficient (Wildman–Crippen LogP) is 1.28. The lowest BCUT2D eigenvalue weighted by molar-refractivity contribution is -0.137. The van der Waals surface area contributed by atoms with Gasteiger partial charge in [-0.15, -0.1) is 0 Å². The summed E-state index contributed by atoms with van der Waals surface area (Å²) in [5.41, 5.74) is -0.757. The molecule has 0 spiro atoms. The molecule has 15 heavy (non-hydrogen) atoms. The molecule has 1 saturated heterocycles. The van der Waals surface area contributed by atoms with E-state index in [0.29, 0.717) is 18.9 Å². The van der Waals surface area contributed by atoms with Gasteiger partial charge in [-0.1, -0.05) is 0 Å². The second-order valence-electron chi connectivity index (χ2n) is 3.46. The number of aliphatic hydroxyl groups excluding tert-OH is 1. The topological polar surface area (TPSA) is 36.4 Å². The Bertz CT molecular complexity index is 343. The van der Waals surface area contributed by atoms with Crippen molar-refractivity contribution in [3.05, 3.63) is 23.9 Å². The monoisotopic (exact) mass is 218 g/mol. The SMILES string of the molecule is OC1CN(c2ccc(C(F)(F)F)cn2)C1. The lowest BCUT2D eigenvalue weighted by Gasteiger charge is -2.36. The Morgan fingerprint density at radius 2 is 2.00 bits per heavy atom. The lowest BCUT2D eigenvalue weighted by atomic mass is 10.1. The molecular formula is C9H9F3N2O. The van der Waals surface area contributed by atoms with Gasteiger partial charge in [-0.25, -0.2) is 4.98 Å². The summed E-state index contributed by atoms with van der Waals surface area (Å²) in [7, 11) is 0. The number of pyridine rings is 1. The highest BCUT2D eigenvalue weighted by Gasteiger charge is 2.31. The molecule has 6 heteroatoms. The van der Waals surface area contributed by atoms with Crippen LogP contribution in [0.5, 0.6) is 0 Å². The molecule has 0 bridgehead atoms. The molecule has 3 nitrogen and oxygen atoms in total. The summed E-state index contributed by atoms with van der Waals surface area (Å²) in [6.07, 6.45) is -3.94. The van der Waals surface area contributed by atoms with Gasteiger partial charge in [0.25, 0.3) is 0 Å². The predicted molar refractivity (Wildman–Crippen MR) is 47.5 cm³/mol. The largest absolute Gasteiger partial charge is 0.417 e. The highest BCUT2D eigenvalue weighted by Crippen LogP contribution is 2.29. The van der Waals surface area contributed by atoms with Crippen molar-refractivity contribution < 1.29 is 18.3 Å². The maximum Gasteiger partial charge on any atom is 0.417 e. The minimum Gasteiger partial charge on any atom is -0.389 e. The number of aliphatic hydroxyl groups is 1. The van der Waals surface area contributed by atoms with Crippen molar-refractivity contribution in [3.8, 4) is 0 Å². The smallest absolute Gasteiger partial charge is 0.389 e. The van der Waals surface area contributed by atoms with Crippen LogP contribution in [0, 0.1) is 0 Å². The molecule has 0 aromatic carbocycles. The number of hydrogen-bond donors (Lipinski definition) is 1. The molecular weight excluding hydrogens is 209 g/mol. The second-order valence-corrected chi connectivity index (χ2v) is 3.46. The van der Waals surface area contributed by atoms with E-state index in [1.807, 2.05) is 0 Å². The molecule has 0 atom stereocenters. The van der Waals surface area contributed by atoms with E-state index in [2.05, 4.69) is 4.98 Å². The van der Waals surface area contributed by atoms with Crippen LogP contribution >= 0.6 is 0 Å². The number of rotatable bonds is 1. The fourth-order valence-corrected chi connectivity index (χ4v) is 1.38. The third kappa shape index (κ3) is 2.04. The Kier molecular flexibility index (Phi) is 2.30. The Hall–Kier alpha value is -1.30. The minimum absolute atomic E-state index is 0.394. The maximum absolute atomic E-state index is 12.2. The van der Waals surface area contributed by atoms with Crippen molar-refractivity contribution in [3.63, 3.8) is 0 Å². The molecule has 1 aromatic heterocycles. The quantitative estimate of drug-likeness (QED) is 0.771. The van der Waals surface area contributed by atoms with Gasteiger partial charge in [0.15, 0.2) is 0 Å². The normalized spacial score (nSPS) is 17.7. The summed E-state index contributed by atoms with van der Waals surface area (Å²) < 4.78 is 36.6. The van der Waals surface area contributed by atoms with Gasteiger partial charge in [-0.3, -0.25) is 0 Å². The fourth-order valence-electron chi connectivity index (χ4n) is 1.38. The average molecular weight is 218 g/mol. The molecule has 0 aliphatic carbocycles. The van der Waals surface area contributed by atoms with Crippen LogP contribution < -0.4 is 4.90 Å². The number of hydrogen-bond acceptors (Lipinski definition) is 3. The van der Waals surface area contributed by atoms with E-state index >= 15 is 0 Å². The van der Waals surface area contributed by atoms with Crippen LogP contribution in [0.4, 0.5) is 19.0 Å². The van der Waals surface area contributed by atoms with E-state index in [4.69, 9.17) is 5.11 Å². The summed E-state index contributed by atoms with van der Waals surface area (Å²) >= 11 is 0. The summed E-state index contributed by atoms with van der Waals surface area (Å²) in [5.74, 6) is 0.466. The van der Waals surface area contributed by atoms with Gasteiger partial charge in [0.1, 0.15) is 5.82 Å². The van der Waals surface area contributed by atoms with Crippen LogP contribution in [0.15, 0.2) is 18.3 Å². The molecule has 1 aromatic rings. The lowest BCUT2D eigenvalue weighted by Crippen LogP contribution is -2.51. The van der Waals surface area contributed by atoms with Crippen molar-refractivity contribution in [2.75, 3.05) is 18.0 Å². The number of β-amino-alcohol motifs (C(OH)–C–C–N with tert-alkyl or cyclic N) is 1. The van der Waals surface area contributed by atoms with Crippen LogP contribution in [0.2, 0.25) is 0 Å². The Morgan fingerprint density at radius 1 is 1.33 bits per heavy atom. The second kappa shape index (κ2) is 3.37. The highest BCUT2D eigenvalue weighted by molar-refractivity contribution is 5.42. The molecule has 0 saturated carbocycles. The standard InChI is InChI=1S/C9H9F3N2O/c10-9(11,12)6-1-2-8(13-3-6)14-4-7(15)5-14/h1-3,7,15H,4-5H2. The van der Waals surface area contributed by atoms with Gasteiger partial charge in [-0.05, 0) is 12.1 Å². The van der Waals surface area contributed by atoms with E-state index in [0.717, 1.165) is 12.3 Å². The van der Waals surface area contributed by atoms with Crippen molar-refractivity contribution in [2.45, 2.75) is 12.3 Å². The third-order valence-electron chi connectivity index (χ3n) is 2.26. The Balaban J connectivity index is 2.11. The first kappa shape index (κ1) is 10.2. The first-order valence-electron chi connectivity index (χ1n) is 4.43. The van der Waals surface area contributed by atoms with E-state index in [1.54, 1.807) is 4.90 Å². The third-order valence-corrected chi connectivity index (χ3v) is 2.26. The number of aromatic nitrogens is 1. The van der Waals surface area contributed by atoms with Crippen LogP contribution in [-0.2, 0) is 6.18 Å². The van der Waals surface area contributed by atoms with Gasteiger partial charge in [0.05, 0.1) is 11.7 Å². The fraction of sp³-hybridized carbons (Fsp3) is 0.444. The molecule has 1 N–H and O–H groups in total. The summed E-state index contributed by atoms with van der Waals surface area (Å²) in [4.78, 5) is 5.41. The molecule has 1 aliphatic rings. The summed E-state index contributed by atoms with van der Waals surface area (Å²) in [5, 5.41) is 9.01. The van der Waals surface area contributed by atoms with Crippen LogP contribution in [0.3, 0.4) is 0 Å². The average Bonchev–Trinajstić information content (AvgIpc) is 2.12. The van der Waals surface area contributed by atoms with Gasteiger partial charge < -0.3 is 10.0 Å². The van der Waals surface area contributed by atoms with Crippen molar-refractivity contribution in [2.24, 2.45) is 0 Å². The van der Waals surface area contributed by atoms with Crippen LogP contribution in [-0.4, -0.2) is 29.3 Å². The zero-order valence-electron chi connectivity index (χ0n) is 7.70. The number of anilines is 1. The Labute approximate surface area is 84.2 Å². The van der Waals surface area contributed by atoms with Crippen molar-refractivity contribution in [1.29, 1.82) is 0 Å². The minimum atomic E-state index is -4.35. The van der Waals surface area contributed by atoms with Crippen LogP contribution in [0.25, 0.3) is 0 Å². The molecule has 1 fully saturated rings. The van der Waals surface area contributed by atoms with E-state index in [9.17, 15) is 13.2 Å². The van der Waals surface area contributed by atoms with E-state index in [-0.39, 0.29) is 0 Å². The molecule has 0 amide bonds. The molecule has 1 aliphatic heterocycles. The van der Waals surface area contributed by atoms with Gasteiger partial charge in [0, 0.05) is 19.3 Å². The molecule has 2 rings (SSSR count). The highest BCUT2D eigenvalue weighted by atomic mass is 19.4. The summed E-state index contributed by atoms with van der Waals surface area (Å²) in [6.45, 7) is 0.858. The van der Waals surface area contributed by atoms with Gasteiger partial charge >= 0.3 is 6.18 Å². The number of nitrogens with zero attached hydrogens (tertiary/aromatic N) is 2. The van der Waals surface area contributed by atoms with E-state index < -0.39 is 17.8 Å². The van der Waals surface area contributed by atoms with E-state index in [1.165, 1.54) is 6.07 Å².